The molecule has 2 aliphatic rings. The second-order valence-electron chi connectivity index (χ2n) is 7.03. The number of nitrogens with zero attached hydrogens (tertiary/aromatic N) is 3. The Kier molecular flexibility index (Phi) is 4.98. The van der Waals surface area contributed by atoms with Gasteiger partial charge in [0.05, 0.1) is 52.4 Å². The highest BCUT2D eigenvalue weighted by Crippen LogP contribution is 2.52. The van der Waals surface area contributed by atoms with Crippen LogP contribution < -0.4 is 15.4 Å². The highest BCUT2D eigenvalue weighted by molar-refractivity contribution is 9.10. The van der Waals surface area contributed by atoms with E-state index in [2.05, 4.69) is 36.5 Å². The van der Waals surface area contributed by atoms with Gasteiger partial charge in [-0.1, -0.05) is 11.3 Å². The third-order valence-corrected chi connectivity index (χ3v) is 6.72. The average molecular weight is 454 g/mol. The molecule has 1 aliphatic carbocycles. The smallest absolute Gasteiger partial charge is 0.232 e. The van der Waals surface area contributed by atoms with E-state index in [4.69, 9.17) is 33.3 Å². The number of carbonyl (C=O) groups is 1. The fourth-order valence-corrected chi connectivity index (χ4v) is 5.02. The van der Waals surface area contributed by atoms with Crippen molar-refractivity contribution in [2.24, 2.45) is 0 Å². The zero-order valence-corrected chi connectivity index (χ0v) is 17.6. The van der Waals surface area contributed by atoms with Crippen molar-refractivity contribution in [2.45, 2.75) is 35.7 Å². The lowest BCUT2D eigenvalue weighted by molar-refractivity contribution is -0.123. The fraction of sp³-hybridized carbons (Fsp3) is 0.500. The molecule has 28 heavy (non-hydrogen) atoms. The predicted octanol–water partition coefficient (Wildman–Crippen LogP) is 1.66. The lowest BCUT2D eigenvalue weighted by atomic mass is 9.32. The highest BCUT2D eigenvalue weighted by atomic mass is 79.9. The van der Waals surface area contributed by atoms with Gasteiger partial charge >= 0.3 is 0 Å². The van der Waals surface area contributed by atoms with Crippen molar-refractivity contribution >= 4 is 67.7 Å². The van der Waals surface area contributed by atoms with Gasteiger partial charge in [0, 0.05) is 12.5 Å². The van der Waals surface area contributed by atoms with Gasteiger partial charge in [-0.3, -0.25) is 4.79 Å². The zero-order valence-electron chi connectivity index (χ0n) is 15.2. The lowest BCUT2D eigenvalue weighted by Crippen LogP contribution is -2.47. The number of aromatic nitrogens is 3. The number of ether oxygens (including phenoxy) is 1. The summed E-state index contributed by atoms with van der Waals surface area (Å²) in [5, 5.41) is 5.51. The largest absolute Gasteiger partial charge is 0.480 e. The van der Waals surface area contributed by atoms with Crippen LogP contribution in [0.15, 0.2) is 10.7 Å². The molecular weight excluding hydrogens is 439 g/mol. The van der Waals surface area contributed by atoms with Gasteiger partial charge in [0.25, 0.3) is 0 Å². The number of amides is 1. The molecule has 0 spiro atoms. The Hall–Kier alpha value is -1.55. The molecule has 138 valence electrons. The van der Waals surface area contributed by atoms with E-state index in [0.717, 1.165) is 23.5 Å². The molecule has 2 aromatic rings. The Labute approximate surface area is 179 Å². The van der Waals surface area contributed by atoms with Crippen LogP contribution >= 0.6 is 27.3 Å². The molecule has 4 rings (SSSR count). The molecule has 12 heteroatoms. The van der Waals surface area contributed by atoms with Crippen molar-refractivity contribution in [2.75, 3.05) is 19.0 Å². The molecule has 6 radical (unpaired) electrons. The summed E-state index contributed by atoms with van der Waals surface area (Å²) in [5.74, 6) is 0.784. The molecule has 1 saturated heterocycles. The molecule has 2 N–H and O–H groups in total. The molecule has 0 bridgehead atoms. The number of anilines is 2. The SMILES string of the molecule is [B]C([B])([B])[C@]1(c2nc(C3CC3)c(Nc3ncc(Br)c(OC)n3)s2)CCNC1=O. The number of hydrogen-bond acceptors (Lipinski definition) is 7. The van der Waals surface area contributed by atoms with E-state index >= 15 is 0 Å². The van der Waals surface area contributed by atoms with Crippen LogP contribution in [0.5, 0.6) is 5.88 Å². The molecule has 0 unspecified atom stereocenters. The van der Waals surface area contributed by atoms with Crippen LogP contribution in [0.1, 0.15) is 35.9 Å². The second kappa shape index (κ2) is 7.05. The van der Waals surface area contributed by atoms with Crippen molar-refractivity contribution < 1.29 is 9.53 Å². The standard InChI is InChI=1S/C16H15B3BrN5O2S/c1-27-10-8(20)6-22-14(24-10)25-11-9(7-2-3-7)23-13(28-11)15(16(17,18)19)4-5-21-12(15)26/h6-7H,2-5H2,1H3,(H,21,26)(H,22,24,25)/t15-/m1/s1. The Balaban J connectivity index is 1.75. The minimum absolute atomic E-state index is 0.302. The minimum atomic E-state index is -1.74. The Morgan fingerprint density at radius 3 is 2.71 bits per heavy atom. The number of rotatable bonds is 6. The quantitative estimate of drug-likeness (QED) is 0.647. The van der Waals surface area contributed by atoms with E-state index < -0.39 is 10.5 Å². The summed E-state index contributed by atoms with van der Waals surface area (Å²) in [6.45, 7) is 0.445. The maximum atomic E-state index is 12.7. The molecule has 3 heterocycles. The first-order valence-corrected chi connectivity index (χ1v) is 10.4. The normalized spacial score (nSPS) is 22.1. The summed E-state index contributed by atoms with van der Waals surface area (Å²) in [6.07, 6.45) is 4.04. The molecule has 7 nitrogen and oxygen atoms in total. The summed E-state index contributed by atoms with van der Waals surface area (Å²) in [7, 11) is 19.7. The highest BCUT2D eigenvalue weighted by Gasteiger charge is 2.53. The maximum absolute atomic E-state index is 12.7. The van der Waals surface area contributed by atoms with Gasteiger partial charge in [-0.25, -0.2) is 9.97 Å². The van der Waals surface area contributed by atoms with Crippen LogP contribution in [-0.4, -0.2) is 58.1 Å². The van der Waals surface area contributed by atoms with Gasteiger partial charge < -0.3 is 15.4 Å². The Bertz CT molecular complexity index is 933. The fourth-order valence-electron chi connectivity index (χ4n) is 3.32. The molecule has 2 fully saturated rings. The first-order valence-electron chi connectivity index (χ1n) is 8.76. The van der Waals surface area contributed by atoms with E-state index in [9.17, 15) is 4.79 Å². The predicted molar refractivity (Wildman–Crippen MR) is 113 cm³/mol. The van der Waals surface area contributed by atoms with E-state index in [-0.39, 0.29) is 5.91 Å². The van der Waals surface area contributed by atoms with Gasteiger partial charge in [-0.05, 0) is 35.2 Å². The van der Waals surface area contributed by atoms with E-state index in [1.165, 1.54) is 18.4 Å². The molecule has 1 aliphatic heterocycles. The van der Waals surface area contributed by atoms with E-state index in [0.29, 0.717) is 40.2 Å². The second-order valence-corrected chi connectivity index (χ2v) is 8.88. The zero-order chi connectivity index (χ0) is 20.1. The Morgan fingerprint density at radius 1 is 1.39 bits per heavy atom. The van der Waals surface area contributed by atoms with Crippen molar-refractivity contribution in [3.8, 4) is 5.88 Å². The van der Waals surface area contributed by atoms with Crippen molar-refractivity contribution in [3.05, 3.63) is 21.4 Å². The molecule has 1 atom stereocenters. The summed E-state index contributed by atoms with van der Waals surface area (Å²) < 4.78 is 5.87. The number of thiazole rings is 1. The van der Waals surface area contributed by atoms with Gasteiger partial charge in [0.15, 0.2) is 0 Å². The molecule has 1 saturated carbocycles. The first-order chi connectivity index (χ1) is 13.3. The Morgan fingerprint density at radius 2 is 2.14 bits per heavy atom. The third-order valence-electron chi connectivity index (χ3n) is 5.03. The summed E-state index contributed by atoms with van der Waals surface area (Å²) in [5.41, 5.74) is -0.423. The van der Waals surface area contributed by atoms with Gasteiger partial charge in [0.2, 0.25) is 17.7 Å². The van der Waals surface area contributed by atoms with Crippen LogP contribution in [0.25, 0.3) is 0 Å². The van der Waals surface area contributed by atoms with Crippen LogP contribution in [0.2, 0.25) is 5.11 Å². The number of hydrogen-bond donors (Lipinski definition) is 2. The number of nitrogens with one attached hydrogen (secondary N) is 2. The summed E-state index contributed by atoms with van der Waals surface area (Å²) in [6, 6.07) is 0. The molecular formula is C16H15B3BrN5O2S. The number of carbonyl (C=O) groups excluding carboxylic acids is 1. The third kappa shape index (κ3) is 3.24. The van der Waals surface area contributed by atoms with Gasteiger partial charge in [-0.15, -0.1) is 5.11 Å². The topological polar surface area (TPSA) is 89.0 Å². The van der Waals surface area contributed by atoms with E-state index in [1.54, 1.807) is 6.20 Å². The van der Waals surface area contributed by atoms with Gasteiger partial charge in [-0.2, -0.15) is 4.98 Å². The van der Waals surface area contributed by atoms with Crippen molar-refractivity contribution in [3.63, 3.8) is 0 Å². The average Bonchev–Trinajstić information content (AvgIpc) is 3.27. The monoisotopic (exact) mass is 453 g/mol. The van der Waals surface area contributed by atoms with Crippen LogP contribution in [0, 0.1) is 0 Å². The molecule has 2 aromatic heterocycles. The van der Waals surface area contributed by atoms with Crippen LogP contribution in [-0.2, 0) is 10.2 Å². The molecule has 0 aromatic carbocycles. The van der Waals surface area contributed by atoms with Gasteiger partial charge in [0.1, 0.15) is 10.0 Å². The van der Waals surface area contributed by atoms with Crippen LogP contribution in [0.4, 0.5) is 10.9 Å². The van der Waals surface area contributed by atoms with Crippen LogP contribution in [0.3, 0.4) is 0 Å². The lowest BCUT2D eigenvalue weighted by Gasteiger charge is -2.39. The summed E-state index contributed by atoms with van der Waals surface area (Å²) >= 11 is 4.65. The maximum Gasteiger partial charge on any atom is 0.232 e. The molecule has 1 amide bonds. The van der Waals surface area contributed by atoms with E-state index in [1.807, 2.05) is 0 Å². The van der Waals surface area contributed by atoms with Crippen molar-refractivity contribution in [1.29, 1.82) is 0 Å². The summed E-state index contributed by atoms with van der Waals surface area (Å²) in [4.78, 5) is 26.0. The first kappa shape index (κ1) is 19.8. The number of halogens is 1. The minimum Gasteiger partial charge on any atom is -0.480 e. The van der Waals surface area contributed by atoms with Crippen molar-refractivity contribution in [1.82, 2.24) is 20.3 Å². The number of methoxy groups -OCH3 is 1.